The molecule has 16 heavy (non-hydrogen) atoms. The maximum atomic E-state index is 6.19. The van der Waals surface area contributed by atoms with Gasteiger partial charge in [0.05, 0.1) is 10.7 Å². The first kappa shape index (κ1) is 12.0. The van der Waals surface area contributed by atoms with Crippen LogP contribution in [-0.2, 0) is 0 Å². The Morgan fingerprint density at radius 2 is 2.25 bits per heavy atom. The first-order chi connectivity index (χ1) is 7.83. The number of rotatable bonds is 2. The molecule has 88 valence electrons. The van der Waals surface area contributed by atoms with E-state index in [1.807, 2.05) is 6.07 Å². The zero-order valence-corrected chi connectivity index (χ0v) is 10.7. The van der Waals surface area contributed by atoms with Crippen molar-refractivity contribution >= 4 is 28.9 Å². The van der Waals surface area contributed by atoms with E-state index in [1.54, 1.807) is 12.4 Å². The number of pyridine rings is 1. The Hall–Kier alpha value is -0.470. The Labute approximate surface area is 107 Å². The van der Waals surface area contributed by atoms with Crippen LogP contribution in [0.25, 0.3) is 0 Å². The highest BCUT2D eigenvalue weighted by atomic mass is 35.5. The molecule has 1 saturated heterocycles. The molecule has 1 aromatic heterocycles. The van der Waals surface area contributed by atoms with Gasteiger partial charge in [-0.1, -0.05) is 24.4 Å². The van der Waals surface area contributed by atoms with Crippen LogP contribution in [-0.4, -0.2) is 23.5 Å². The molecule has 0 aromatic carbocycles. The highest BCUT2D eigenvalue weighted by molar-refractivity contribution is 6.33. The summed E-state index contributed by atoms with van der Waals surface area (Å²) >= 11 is 12.2. The molecular formula is C12H16Cl2N2. The van der Waals surface area contributed by atoms with E-state index in [0.29, 0.717) is 11.9 Å². The number of aromatic nitrogens is 1. The summed E-state index contributed by atoms with van der Waals surface area (Å²) in [6.07, 6.45) is 8.40. The molecule has 4 heteroatoms. The maximum Gasteiger partial charge on any atom is 0.0822 e. The second kappa shape index (κ2) is 5.74. The lowest BCUT2D eigenvalue weighted by Gasteiger charge is -2.31. The minimum absolute atomic E-state index is 0.407. The Balaban J connectivity index is 2.25. The molecule has 0 bridgehead atoms. The Bertz CT molecular complexity index is 344. The van der Waals surface area contributed by atoms with Gasteiger partial charge in [0.25, 0.3) is 0 Å². The summed E-state index contributed by atoms with van der Waals surface area (Å²) in [6, 6.07) is 2.39. The van der Waals surface area contributed by atoms with Gasteiger partial charge in [-0.25, -0.2) is 0 Å². The van der Waals surface area contributed by atoms with Gasteiger partial charge in [-0.3, -0.25) is 4.98 Å². The van der Waals surface area contributed by atoms with Crippen molar-refractivity contribution < 1.29 is 0 Å². The van der Waals surface area contributed by atoms with E-state index < -0.39 is 0 Å². The predicted molar refractivity (Wildman–Crippen MR) is 69.6 cm³/mol. The molecule has 2 heterocycles. The SMILES string of the molecule is ClCC1CCCCCN1c1ccncc1Cl. The molecule has 0 N–H and O–H groups in total. The average Bonchev–Trinajstić information content (AvgIpc) is 2.54. The smallest absolute Gasteiger partial charge is 0.0822 e. The summed E-state index contributed by atoms with van der Waals surface area (Å²) in [7, 11) is 0. The molecule has 0 aliphatic carbocycles. The first-order valence-corrected chi connectivity index (χ1v) is 6.66. The number of nitrogens with zero attached hydrogens (tertiary/aromatic N) is 2. The molecule has 2 nitrogen and oxygen atoms in total. The van der Waals surface area contributed by atoms with Gasteiger partial charge in [0.1, 0.15) is 0 Å². The van der Waals surface area contributed by atoms with Gasteiger partial charge in [-0.05, 0) is 18.9 Å². The molecule has 1 aromatic rings. The summed E-state index contributed by atoms with van der Waals surface area (Å²) in [5.74, 6) is 0.665. The van der Waals surface area contributed by atoms with Crippen molar-refractivity contribution in [3.63, 3.8) is 0 Å². The third kappa shape index (κ3) is 2.61. The van der Waals surface area contributed by atoms with Crippen molar-refractivity contribution in [2.24, 2.45) is 0 Å². The molecule has 1 atom stereocenters. The zero-order chi connectivity index (χ0) is 11.4. The Kier molecular flexibility index (Phi) is 4.30. The third-order valence-corrected chi connectivity index (χ3v) is 3.76. The highest BCUT2D eigenvalue weighted by Gasteiger charge is 2.21. The van der Waals surface area contributed by atoms with Crippen molar-refractivity contribution in [2.45, 2.75) is 31.7 Å². The summed E-state index contributed by atoms with van der Waals surface area (Å²) < 4.78 is 0. The normalized spacial score (nSPS) is 21.9. The van der Waals surface area contributed by atoms with E-state index in [0.717, 1.165) is 23.7 Å². The van der Waals surface area contributed by atoms with Gasteiger partial charge in [-0.2, -0.15) is 0 Å². The lowest BCUT2D eigenvalue weighted by atomic mass is 10.1. The van der Waals surface area contributed by atoms with Gasteiger partial charge < -0.3 is 4.90 Å². The monoisotopic (exact) mass is 258 g/mol. The van der Waals surface area contributed by atoms with Crippen LogP contribution >= 0.6 is 23.2 Å². The van der Waals surface area contributed by atoms with Gasteiger partial charge in [-0.15, -0.1) is 11.6 Å². The molecule has 1 aliphatic rings. The minimum atomic E-state index is 0.407. The van der Waals surface area contributed by atoms with E-state index in [1.165, 1.54) is 19.3 Å². The summed E-state index contributed by atoms with van der Waals surface area (Å²) in [4.78, 5) is 6.36. The largest absolute Gasteiger partial charge is 0.366 e. The molecule has 2 rings (SSSR count). The first-order valence-electron chi connectivity index (χ1n) is 5.75. The standard InChI is InChI=1S/C12H16Cl2N2/c13-8-10-4-2-1-3-7-16(10)12-5-6-15-9-11(12)14/h5-6,9-10H,1-4,7-8H2. The molecule has 1 fully saturated rings. The number of hydrogen-bond donors (Lipinski definition) is 0. The van der Waals surface area contributed by atoms with Crippen LogP contribution in [0.3, 0.4) is 0 Å². The Morgan fingerprint density at radius 3 is 3.00 bits per heavy atom. The molecule has 0 radical (unpaired) electrons. The highest BCUT2D eigenvalue weighted by Crippen LogP contribution is 2.30. The van der Waals surface area contributed by atoms with Crippen LogP contribution in [0.1, 0.15) is 25.7 Å². The molecule has 0 saturated carbocycles. The van der Waals surface area contributed by atoms with Crippen molar-refractivity contribution in [3.8, 4) is 0 Å². The summed E-state index contributed by atoms with van der Waals surface area (Å²) in [5.41, 5.74) is 1.07. The second-order valence-electron chi connectivity index (χ2n) is 4.18. The minimum Gasteiger partial charge on any atom is -0.366 e. The predicted octanol–water partition coefficient (Wildman–Crippen LogP) is 3.72. The van der Waals surface area contributed by atoms with E-state index in [-0.39, 0.29) is 0 Å². The molecular weight excluding hydrogens is 243 g/mol. The average molecular weight is 259 g/mol. The van der Waals surface area contributed by atoms with Gasteiger partial charge in [0.15, 0.2) is 0 Å². The lowest BCUT2D eigenvalue weighted by molar-refractivity contribution is 0.621. The van der Waals surface area contributed by atoms with Crippen molar-refractivity contribution in [3.05, 3.63) is 23.5 Å². The fourth-order valence-corrected chi connectivity index (χ4v) is 2.80. The van der Waals surface area contributed by atoms with Crippen molar-refractivity contribution in [2.75, 3.05) is 17.3 Å². The summed E-state index contributed by atoms with van der Waals surface area (Å²) in [5, 5.41) is 0.722. The number of halogens is 2. The molecule has 0 spiro atoms. The van der Waals surface area contributed by atoms with Crippen LogP contribution in [0.4, 0.5) is 5.69 Å². The zero-order valence-electron chi connectivity index (χ0n) is 9.20. The maximum absolute atomic E-state index is 6.19. The lowest BCUT2D eigenvalue weighted by Crippen LogP contribution is -2.36. The van der Waals surface area contributed by atoms with E-state index >= 15 is 0 Å². The van der Waals surface area contributed by atoms with E-state index in [2.05, 4.69) is 9.88 Å². The van der Waals surface area contributed by atoms with Crippen LogP contribution in [0, 0.1) is 0 Å². The van der Waals surface area contributed by atoms with Crippen LogP contribution in [0.5, 0.6) is 0 Å². The van der Waals surface area contributed by atoms with Crippen LogP contribution in [0.15, 0.2) is 18.5 Å². The quantitative estimate of drug-likeness (QED) is 0.752. The second-order valence-corrected chi connectivity index (χ2v) is 4.89. The molecule has 1 unspecified atom stereocenters. The van der Waals surface area contributed by atoms with Crippen molar-refractivity contribution in [1.29, 1.82) is 0 Å². The third-order valence-electron chi connectivity index (χ3n) is 3.12. The van der Waals surface area contributed by atoms with Gasteiger partial charge in [0, 0.05) is 30.9 Å². The Morgan fingerprint density at radius 1 is 1.38 bits per heavy atom. The number of hydrogen-bond acceptors (Lipinski definition) is 2. The summed E-state index contributed by atoms with van der Waals surface area (Å²) in [6.45, 7) is 1.04. The van der Waals surface area contributed by atoms with Gasteiger partial charge >= 0.3 is 0 Å². The van der Waals surface area contributed by atoms with E-state index in [9.17, 15) is 0 Å². The van der Waals surface area contributed by atoms with Crippen LogP contribution in [0.2, 0.25) is 5.02 Å². The van der Waals surface area contributed by atoms with Crippen molar-refractivity contribution in [1.82, 2.24) is 4.98 Å². The molecule has 0 amide bonds. The van der Waals surface area contributed by atoms with Crippen LogP contribution < -0.4 is 4.90 Å². The topological polar surface area (TPSA) is 16.1 Å². The fraction of sp³-hybridized carbons (Fsp3) is 0.583. The van der Waals surface area contributed by atoms with E-state index in [4.69, 9.17) is 23.2 Å². The number of alkyl halides is 1. The fourth-order valence-electron chi connectivity index (χ4n) is 2.26. The molecule has 1 aliphatic heterocycles. The van der Waals surface area contributed by atoms with Gasteiger partial charge in [0.2, 0.25) is 0 Å². The number of anilines is 1.